The maximum Gasteiger partial charge on any atom is 0.125 e. The summed E-state index contributed by atoms with van der Waals surface area (Å²) in [7, 11) is 1.59. The van der Waals surface area contributed by atoms with E-state index in [2.05, 4.69) is 15.9 Å². The molecule has 0 aliphatic carbocycles. The van der Waals surface area contributed by atoms with Gasteiger partial charge < -0.3 is 9.84 Å². The highest BCUT2D eigenvalue weighted by Crippen LogP contribution is 2.33. The van der Waals surface area contributed by atoms with E-state index in [1.807, 2.05) is 37.3 Å². The largest absolute Gasteiger partial charge is 0.496 e. The van der Waals surface area contributed by atoms with Crippen molar-refractivity contribution in [1.82, 2.24) is 0 Å². The van der Waals surface area contributed by atoms with Gasteiger partial charge in [-0.2, -0.15) is 0 Å². The van der Waals surface area contributed by atoms with Gasteiger partial charge in [0.25, 0.3) is 0 Å². The van der Waals surface area contributed by atoms with Gasteiger partial charge in [0.05, 0.1) is 7.11 Å². The van der Waals surface area contributed by atoms with Crippen LogP contribution in [0.15, 0.2) is 40.9 Å². The summed E-state index contributed by atoms with van der Waals surface area (Å²) in [5, 5.41) is 11.1. The third-order valence-electron chi connectivity index (χ3n) is 2.87. The number of hydrogen-bond acceptors (Lipinski definition) is 2. The first-order chi connectivity index (χ1) is 9.01. The molecule has 0 aromatic heterocycles. The van der Waals surface area contributed by atoms with Crippen molar-refractivity contribution in [2.45, 2.75) is 13.0 Å². The van der Waals surface area contributed by atoms with Crippen molar-refractivity contribution in [3.05, 3.63) is 62.6 Å². The minimum absolute atomic E-state index is 0.614. The molecule has 4 heteroatoms. The molecule has 0 heterocycles. The normalized spacial score (nSPS) is 12.3. The lowest BCUT2D eigenvalue weighted by Gasteiger charge is -2.16. The second kappa shape index (κ2) is 5.95. The van der Waals surface area contributed by atoms with E-state index in [9.17, 15) is 5.11 Å². The minimum Gasteiger partial charge on any atom is -0.496 e. The Hall–Kier alpha value is -1.03. The maximum absolute atomic E-state index is 10.5. The number of aliphatic hydroxyl groups excluding tert-OH is 1. The molecule has 2 aromatic carbocycles. The summed E-state index contributed by atoms with van der Waals surface area (Å²) in [6.07, 6.45) is -0.773. The summed E-state index contributed by atoms with van der Waals surface area (Å²) in [5.74, 6) is 0.647. The van der Waals surface area contributed by atoms with Crippen LogP contribution < -0.4 is 4.74 Å². The van der Waals surface area contributed by atoms with Crippen molar-refractivity contribution in [3.63, 3.8) is 0 Å². The van der Waals surface area contributed by atoms with Gasteiger partial charge >= 0.3 is 0 Å². The standard InChI is InChI=1S/C15H14BrClO2/c1-9-5-10(7-12(17)6-9)15(18)13-8-11(16)3-4-14(13)19-2/h3-8,15,18H,1-2H3. The number of hydrogen-bond donors (Lipinski definition) is 1. The molecule has 0 aliphatic heterocycles. The summed E-state index contributed by atoms with van der Waals surface area (Å²) in [6, 6.07) is 11.1. The lowest BCUT2D eigenvalue weighted by atomic mass is 9.99. The van der Waals surface area contributed by atoms with Crippen LogP contribution in [0.4, 0.5) is 0 Å². The molecule has 100 valence electrons. The number of aliphatic hydroxyl groups is 1. The van der Waals surface area contributed by atoms with Crippen LogP contribution >= 0.6 is 27.5 Å². The second-order valence-corrected chi connectivity index (χ2v) is 5.70. The van der Waals surface area contributed by atoms with E-state index < -0.39 is 6.10 Å². The van der Waals surface area contributed by atoms with Crippen LogP contribution in [0.3, 0.4) is 0 Å². The Balaban J connectivity index is 2.48. The van der Waals surface area contributed by atoms with Gasteiger partial charge in [-0.15, -0.1) is 0 Å². The van der Waals surface area contributed by atoms with Crippen molar-refractivity contribution in [1.29, 1.82) is 0 Å². The molecule has 0 fully saturated rings. The average Bonchev–Trinajstić information content (AvgIpc) is 2.36. The first-order valence-electron chi connectivity index (χ1n) is 5.80. The molecule has 2 nitrogen and oxygen atoms in total. The van der Waals surface area contributed by atoms with Gasteiger partial charge in [-0.05, 0) is 48.4 Å². The molecule has 0 aliphatic rings. The average molecular weight is 342 g/mol. The summed E-state index contributed by atoms with van der Waals surface area (Å²) >= 11 is 9.44. The second-order valence-electron chi connectivity index (χ2n) is 4.35. The zero-order chi connectivity index (χ0) is 14.0. The quantitative estimate of drug-likeness (QED) is 0.890. The Kier molecular flexibility index (Phi) is 4.50. The van der Waals surface area contributed by atoms with Gasteiger partial charge in [-0.25, -0.2) is 0 Å². The van der Waals surface area contributed by atoms with Crippen molar-refractivity contribution >= 4 is 27.5 Å². The Morgan fingerprint density at radius 2 is 1.95 bits per heavy atom. The summed E-state index contributed by atoms with van der Waals surface area (Å²) in [4.78, 5) is 0. The monoisotopic (exact) mass is 340 g/mol. The summed E-state index contributed by atoms with van der Waals surface area (Å²) in [6.45, 7) is 1.94. The minimum atomic E-state index is -0.773. The Morgan fingerprint density at radius 3 is 2.58 bits per heavy atom. The predicted molar refractivity (Wildman–Crippen MR) is 80.9 cm³/mol. The van der Waals surface area contributed by atoms with Crippen LogP contribution in [0, 0.1) is 6.92 Å². The summed E-state index contributed by atoms with van der Waals surface area (Å²) in [5.41, 5.74) is 2.47. The molecule has 2 aromatic rings. The fraction of sp³-hybridized carbons (Fsp3) is 0.200. The van der Waals surface area contributed by atoms with Gasteiger partial charge in [0, 0.05) is 15.1 Å². The lowest BCUT2D eigenvalue weighted by molar-refractivity contribution is 0.214. The van der Waals surface area contributed by atoms with E-state index in [1.54, 1.807) is 13.2 Å². The van der Waals surface area contributed by atoms with Gasteiger partial charge in [0.2, 0.25) is 0 Å². The number of aryl methyl sites for hydroxylation is 1. The Bertz CT molecular complexity index is 578. The number of ether oxygens (including phenoxy) is 1. The fourth-order valence-corrected chi connectivity index (χ4v) is 2.70. The maximum atomic E-state index is 10.5. The van der Waals surface area contributed by atoms with E-state index in [4.69, 9.17) is 16.3 Å². The van der Waals surface area contributed by atoms with Crippen LogP contribution in [0.25, 0.3) is 0 Å². The molecule has 0 radical (unpaired) electrons. The van der Waals surface area contributed by atoms with Crippen LogP contribution in [0.2, 0.25) is 5.02 Å². The number of halogens is 2. The first-order valence-corrected chi connectivity index (χ1v) is 6.97. The summed E-state index contributed by atoms with van der Waals surface area (Å²) < 4.78 is 6.18. The van der Waals surface area contributed by atoms with E-state index in [-0.39, 0.29) is 0 Å². The topological polar surface area (TPSA) is 29.5 Å². The van der Waals surface area contributed by atoms with Crippen molar-refractivity contribution in [2.24, 2.45) is 0 Å². The van der Waals surface area contributed by atoms with Crippen LogP contribution in [-0.4, -0.2) is 12.2 Å². The van der Waals surface area contributed by atoms with Crippen molar-refractivity contribution in [2.75, 3.05) is 7.11 Å². The molecule has 1 unspecified atom stereocenters. The first kappa shape index (κ1) is 14.4. The van der Waals surface area contributed by atoms with Gasteiger partial charge in [0.1, 0.15) is 11.9 Å². The van der Waals surface area contributed by atoms with E-state index >= 15 is 0 Å². The SMILES string of the molecule is COc1ccc(Br)cc1C(O)c1cc(C)cc(Cl)c1. The highest BCUT2D eigenvalue weighted by Gasteiger charge is 2.16. The van der Waals surface area contributed by atoms with Crippen LogP contribution in [-0.2, 0) is 0 Å². The molecule has 19 heavy (non-hydrogen) atoms. The molecule has 0 saturated carbocycles. The van der Waals surface area contributed by atoms with Crippen molar-refractivity contribution in [3.8, 4) is 5.75 Å². The van der Waals surface area contributed by atoms with Crippen molar-refractivity contribution < 1.29 is 9.84 Å². The molecule has 0 spiro atoms. The zero-order valence-corrected chi connectivity index (χ0v) is 13.0. The van der Waals surface area contributed by atoms with Crippen LogP contribution in [0.5, 0.6) is 5.75 Å². The highest BCUT2D eigenvalue weighted by atomic mass is 79.9. The lowest BCUT2D eigenvalue weighted by Crippen LogP contribution is -2.03. The predicted octanol–water partition coefficient (Wildman–Crippen LogP) is 4.50. The smallest absolute Gasteiger partial charge is 0.125 e. The molecular formula is C15H14BrClO2. The number of methoxy groups -OCH3 is 1. The van der Waals surface area contributed by atoms with E-state index in [0.29, 0.717) is 16.3 Å². The number of benzene rings is 2. The third kappa shape index (κ3) is 3.30. The van der Waals surface area contributed by atoms with E-state index in [1.165, 1.54) is 0 Å². The highest BCUT2D eigenvalue weighted by molar-refractivity contribution is 9.10. The molecular weight excluding hydrogens is 328 g/mol. The molecule has 0 saturated heterocycles. The van der Waals surface area contributed by atoms with Gasteiger partial charge in [0.15, 0.2) is 0 Å². The van der Waals surface area contributed by atoms with E-state index in [0.717, 1.165) is 15.6 Å². The third-order valence-corrected chi connectivity index (χ3v) is 3.58. The molecule has 2 rings (SSSR count). The molecule has 0 amide bonds. The van der Waals surface area contributed by atoms with Gasteiger partial charge in [-0.1, -0.05) is 33.6 Å². The van der Waals surface area contributed by atoms with Crippen LogP contribution in [0.1, 0.15) is 22.8 Å². The van der Waals surface area contributed by atoms with Gasteiger partial charge in [-0.3, -0.25) is 0 Å². The number of rotatable bonds is 3. The fourth-order valence-electron chi connectivity index (χ4n) is 2.02. The Morgan fingerprint density at radius 1 is 1.21 bits per heavy atom. The Labute approximate surface area is 126 Å². The zero-order valence-electron chi connectivity index (χ0n) is 10.7. The molecule has 1 N–H and O–H groups in total. The molecule has 1 atom stereocenters. The molecule has 0 bridgehead atoms.